The molecule has 1 amide bonds. The van der Waals surface area contributed by atoms with E-state index in [1.807, 2.05) is 24.3 Å². The van der Waals surface area contributed by atoms with Gasteiger partial charge in [-0.05, 0) is 111 Å². The quantitative estimate of drug-likeness (QED) is 0.241. The van der Waals surface area contributed by atoms with Crippen molar-refractivity contribution in [2.75, 3.05) is 14.2 Å². The van der Waals surface area contributed by atoms with E-state index in [0.29, 0.717) is 24.7 Å². The fraction of sp³-hybridized carbons (Fsp3) is 0.590. The van der Waals surface area contributed by atoms with Crippen LogP contribution in [0.25, 0.3) is 0 Å². The van der Waals surface area contributed by atoms with Crippen LogP contribution in [-0.2, 0) is 50.6 Å². The number of carbonyl (C=O) groups excluding carboxylic acids is 3. The van der Waals surface area contributed by atoms with Crippen LogP contribution in [0.2, 0.25) is 0 Å². The zero-order chi connectivity index (χ0) is 34.4. The predicted octanol–water partition coefficient (Wildman–Crippen LogP) is 8.16. The summed E-state index contributed by atoms with van der Waals surface area (Å²) in [6, 6.07) is 23.4. The van der Waals surface area contributed by atoms with E-state index in [-0.39, 0.29) is 57.5 Å². The summed E-state index contributed by atoms with van der Waals surface area (Å²) >= 11 is -0.106. The third-order valence-corrected chi connectivity index (χ3v) is 12.9. The van der Waals surface area contributed by atoms with Gasteiger partial charge in [0, 0.05) is 0 Å². The molecule has 8 fully saturated rings. The standard InChI is InChI=1S/C19H23NO3.C19H21NO2.CH4.2ClH.Pd/c1-23-16(22)19-9-13-7-17(11-19,14-5-3-2-4-6-14)10-18(8-13,12-19)15(20)21;1-22-16(21)19-9-14-7-17(11-19,13-20)10-18(8-14,12-19)15-5-3-2-4-6-15;;;;/h2-6,13H,7-12H2,1H3,(H2,20,21);2-6,14H,7-12H2,1H3;1H4;2*1H;/q;;;;;+2/p-2. The van der Waals surface area contributed by atoms with Crippen molar-refractivity contribution in [3.63, 3.8) is 0 Å². The fourth-order valence-electron chi connectivity index (χ4n) is 12.4. The van der Waals surface area contributed by atoms with Gasteiger partial charge in [0.2, 0.25) is 5.91 Å². The molecule has 8 aliphatic rings. The van der Waals surface area contributed by atoms with Gasteiger partial charge >= 0.3 is 46.9 Å². The monoisotopic (exact) mass is 800 g/mol. The number of amides is 1. The van der Waals surface area contributed by atoms with Gasteiger partial charge in [0.15, 0.2) is 0 Å². The molecule has 0 heterocycles. The molecule has 8 atom stereocenters. The molecule has 2 aromatic rings. The Bertz CT molecular complexity index is 1610. The summed E-state index contributed by atoms with van der Waals surface area (Å²) in [4.78, 5) is 37.5. The van der Waals surface area contributed by atoms with E-state index in [0.717, 1.165) is 64.2 Å². The molecule has 0 aliphatic heterocycles. The zero-order valence-electron chi connectivity index (χ0n) is 27.6. The summed E-state index contributed by atoms with van der Waals surface area (Å²) in [5.41, 5.74) is 6.35. The fourth-order valence-corrected chi connectivity index (χ4v) is 12.4. The molecule has 7 nitrogen and oxygen atoms in total. The van der Waals surface area contributed by atoms with Gasteiger partial charge in [-0.25, -0.2) is 0 Å². The molecule has 49 heavy (non-hydrogen) atoms. The van der Waals surface area contributed by atoms with Gasteiger partial charge in [0.25, 0.3) is 0 Å². The first-order valence-electron chi connectivity index (χ1n) is 16.7. The Hall–Kier alpha value is -2.42. The molecule has 2 N–H and O–H groups in total. The molecule has 8 saturated carbocycles. The molecule has 0 saturated heterocycles. The number of rotatable bonds is 5. The second-order valence-electron chi connectivity index (χ2n) is 15.9. The van der Waals surface area contributed by atoms with Gasteiger partial charge in [-0.15, -0.1) is 0 Å². The van der Waals surface area contributed by atoms with Crippen molar-refractivity contribution in [1.29, 1.82) is 5.26 Å². The summed E-state index contributed by atoms with van der Waals surface area (Å²) in [5, 5.41) is 9.86. The van der Waals surface area contributed by atoms with Crippen LogP contribution >= 0.6 is 19.1 Å². The van der Waals surface area contributed by atoms with E-state index in [9.17, 15) is 19.6 Å². The van der Waals surface area contributed by atoms with E-state index < -0.39 is 16.2 Å². The van der Waals surface area contributed by atoms with Crippen LogP contribution in [-0.4, -0.2) is 32.1 Å². The number of esters is 2. The van der Waals surface area contributed by atoms with Crippen molar-refractivity contribution in [3.8, 4) is 6.07 Å². The van der Waals surface area contributed by atoms with Crippen molar-refractivity contribution < 1.29 is 39.8 Å². The first kappa shape index (κ1) is 37.8. The third kappa shape index (κ3) is 6.37. The summed E-state index contributed by atoms with van der Waals surface area (Å²) in [7, 11) is 12.6. The van der Waals surface area contributed by atoms with Crippen molar-refractivity contribution in [2.24, 2.45) is 39.2 Å². The minimum atomic E-state index is -0.552. The Balaban J connectivity index is 0.000000174. The number of carbonyl (C=O) groups is 3. The van der Waals surface area contributed by atoms with E-state index in [4.69, 9.17) is 34.3 Å². The first-order chi connectivity index (χ1) is 22.9. The molecule has 0 radical (unpaired) electrons. The Morgan fingerprint density at radius 1 is 0.694 bits per heavy atom. The Labute approximate surface area is 307 Å². The van der Waals surface area contributed by atoms with Gasteiger partial charge in [0.05, 0.1) is 41.9 Å². The second-order valence-corrected chi connectivity index (χ2v) is 18.3. The molecule has 8 unspecified atom stereocenters. The Morgan fingerprint density at radius 3 is 1.55 bits per heavy atom. The van der Waals surface area contributed by atoms with E-state index in [2.05, 4.69) is 42.5 Å². The van der Waals surface area contributed by atoms with E-state index in [1.54, 1.807) is 0 Å². The van der Waals surface area contributed by atoms with Gasteiger partial charge < -0.3 is 15.2 Å². The first-order valence-corrected chi connectivity index (χ1v) is 20.7. The molecule has 268 valence electrons. The average Bonchev–Trinajstić information content (AvgIpc) is 3.08. The number of hydrogen-bond acceptors (Lipinski definition) is 6. The Kier molecular flexibility index (Phi) is 10.8. The van der Waals surface area contributed by atoms with Crippen LogP contribution in [0.4, 0.5) is 0 Å². The molecular weight excluding hydrogens is 754 g/mol. The second kappa shape index (κ2) is 14.0. The molecule has 0 spiro atoms. The van der Waals surface area contributed by atoms with Gasteiger partial charge in [-0.1, -0.05) is 68.1 Å². The SMILES string of the molecule is C.COC(=O)C12CC3CC(C#N)(C1)CC(c1ccccc1)(C3)C2.COC(=O)C12CC3CC(C(N)=O)(C1)CC(c1ccccc1)(C3)C2.[Cl][Pd][Cl]. The Morgan fingerprint density at radius 2 is 1.10 bits per heavy atom. The van der Waals surface area contributed by atoms with Crippen molar-refractivity contribution in [2.45, 2.75) is 95.3 Å². The molecular formula is C39H48Cl2N2O5Pd. The summed E-state index contributed by atoms with van der Waals surface area (Å²) in [5.74, 6) is 0.340. The molecule has 8 bridgehead atoms. The topological polar surface area (TPSA) is 119 Å². The van der Waals surface area contributed by atoms with Gasteiger partial charge in [0.1, 0.15) is 0 Å². The average molecular weight is 802 g/mol. The molecule has 0 aromatic heterocycles. The maximum absolute atomic E-state index is 12.6. The van der Waals surface area contributed by atoms with Crippen molar-refractivity contribution in [3.05, 3.63) is 71.8 Å². The van der Waals surface area contributed by atoms with Crippen LogP contribution in [0.1, 0.15) is 95.6 Å². The zero-order valence-corrected chi connectivity index (χ0v) is 30.6. The van der Waals surface area contributed by atoms with Gasteiger partial charge in [-0.2, -0.15) is 5.26 Å². The number of benzene rings is 2. The number of halogens is 2. The van der Waals surface area contributed by atoms with Crippen LogP contribution in [0.3, 0.4) is 0 Å². The van der Waals surface area contributed by atoms with Crippen molar-refractivity contribution in [1.82, 2.24) is 0 Å². The van der Waals surface area contributed by atoms with E-state index >= 15 is 0 Å². The number of nitrogens with zero attached hydrogens (tertiary/aromatic N) is 1. The molecule has 10 rings (SSSR count). The number of hydrogen-bond donors (Lipinski definition) is 1. The summed E-state index contributed by atoms with van der Waals surface area (Å²) in [6.07, 6.45) is 10.2. The molecule has 2 aromatic carbocycles. The van der Waals surface area contributed by atoms with Crippen molar-refractivity contribution >= 4 is 36.9 Å². The molecule has 10 heteroatoms. The minimum absolute atomic E-state index is 0. The third-order valence-electron chi connectivity index (χ3n) is 12.9. The number of primary amides is 1. The summed E-state index contributed by atoms with van der Waals surface area (Å²) in [6.45, 7) is 0. The van der Waals surface area contributed by atoms with Crippen LogP contribution < -0.4 is 5.73 Å². The molecule has 8 aliphatic carbocycles. The summed E-state index contributed by atoms with van der Waals surface area (Å²) < 4.78 is 10.3. The number of nitriles is 1. The predicted molar refractivity (Wildman–Crippen MR) is 186 cm³/mol. The number of ether oxygens (including phenoxy) is 2. The van der Waals surface area contributed by atoms with E-state index in [1.165, 1.54) is 25.3 Å². The number of methoxy groups -OCH3 is 2. The van der Waals surface area contributed by atoms with Crippen LogP contribution in [0.15, 0.2) is 60.7 Å². The van der Waals surface area contributed by atoms with Crippen LogP contribution in [0, 0.1) is 44.8 Å². The van der Waals surface area contributed by atoms with Gasteiger partial charge in [-0.3, -0.25) is 14.4 Å². The normalized spacial score (nSPS) is 38.4. The van der Waals surface area contributed by atoms with Crippen LogP contribution in [0.5, 0.6) is 0 Å². The maximum atomic E-state index is 12.6. The number of nitrogens with two attached hydrogens (primary N) is 1.